The second-order valence-corrected chi connectivity index (χ2v) is 14.9. The lowest BCUT2D eigenvalue weighted by atomic mass is 10.0. The van der Waals surface area contributed by atoms with Crippen molar-refractivity contribution in [3.63, 3.8) is 0 Å². The zero-order chi connectivity index (χ0) is 32.4. The molecule has 0 saturated heterocycles. The van der Waals surface area contributed by atoms with Crippen LogP contribution in [0.4, 0.5) is 0 Å². The Balaban J connectivity index is 3.18. The lowest BCUT2D eigenvalue weighted by molar-refractivity contribution is 0.525. The quantitative estimate of drug-likeness (QED) is 0.0363. The molecule has 0 atom stereocenters. The van der Waals surface area contributed by atoms with Gasteiger partial charge in [0.25, 0.3) is 0 Å². The van der Waals surface area contributed by atoms with Crippen molar-refractivity contribution in [1.29, 1.82) is 0 Å². The summed E-state index contributed by atoms with van der Waals surface area (Å²) in [4.78, 5) is 0. The van der Waals surface area contributed by atoms with Gasteiger partial charge in [0, 0.05) is 12.8 Å². The maximum atomic E-state index is 3.34. The molecule has 0 aromatic heterocycles. The normalized spacial score (nSPS) is 10.9. The van der Waals surface area contributed by atoms with Gasteiger partial charge in [0.1, 0.15) is 0 Å². The van der Waals surface area contributed by atoms with Crippen molar-refractivity contribution in [1.82, 2.24) is 0 Å². The first-order valence-corrected chi connectivity index (χ1v) is 22.0. The lowest BCUT2D eigenvalue weighted by Gasteiger charge is -2.03. The molecule has 1 radical (unpaired) electrons. The van der Waals surface area contributed by atoms with Gasteiger partial charge >= 0.3 is 0 Å². The highest BCUT2D eigenvalue weighted by Gasteiger charge is 1.96. The predicted molar refractivity (Wildman–Crippen MR) is 209 cm³/mol. The second kappa shape index (κ2) is 43.5. The molecule has 0 aliphatic carbocycles. The Kier molecular flexibility index (Phi) is 43.1. The molecule has 0 aromatic rings. The van der Waals surface area contributed by atoms with Gasteiger partial charge in [-0.3, -0.25) is 0 Å². The van der Waals surface area contributed by atoms with E-state index in [1.54, 1.807) is 0 Å². The van der Waals surface area contributed by atoms with Crippen molar-refractivity contribution in [2.24, 2.45) is 0 Å². The first-order valence-electron chi connectivity index (χ1n) is 21.1. The summed E-state index contributed by atoms with van der Waals surface area (Å²) in [5.74, 6) is 6.67. The smallest absolute Gasteiger partial charge is 0.0972 e. The fourth-order valence-electron chi connectivity index (χ4n) is 6.45. The van der Waals surface area contributed by atoms with Crippen LogP contribution >= 0.6 is 8.58 Å². The van der Waals surface area contributed by atoms with Crippen molar-refractivity contribution in [2.45, 2.75) is 258 Å². The second-order valence-electron chi connectivity index (χ2n) is 14.2. The van der Waals surface area contributed by atoms with E-state index in [4.69, 9.17) is 0 Å². The zero-order valence-corrected chi connectivity index (χ0v) is 32.2. The molecule has 263 valence electrons. The van der Waals surface area contributed by atoms with Gasteiger partial charge < -0.3 is 0 Å². The van der Waals surface area contributed by atoms with Crippen LogP contribution in [0.5, 0.6) is 0 Å². The Morgan fingerprint density at radius 3 is 0.622 bits per heavy atom. The minimum atomic E-state index is 1.02. The van der Waals surface area contributed by atoms with Gasteiger partial charge in [-0.25, -0.2) is 0 Å². The monoisotopic (exact) mass is 642 g/mol. The Labute approximate surface area is 288 Å². The van der Waals surface area contributed by atoms with Gasteiger partial charge in [-0.2, -0.15) is 0 Å². The molecule has 0 amide bonds. The Hall–Kier alpha value is -0.450. The molecular weight excluding hydrogens is 559 g/mol. The lowest BCUT2D eigenvalue weighted by Crippen LogP contribution is -1.84. The minimum Gasteiger partial charge on any atom is -0.0972 e. The summed E-state index contributed by atoms with van der Waals surface area (Å²) < 4.78 is 0. The van der Waals surface area contributed by atoms with Crippen LogP contribution in [0.2, 0.25) is 0 Å². The van der Waals surface area contributed by atoms with Gasteiger partial charge in [-0.1, -0.05) is 255 Å². The van der Waals surface area contributed by atoms with Gasteiger partial charge in [-0.15, -0.1) is 0 Å². The maximum absolute atomic E-state index is 3.34. The predicted octanol–water partition coefficient (Wildman–Crippen LogP) is 16.7. The van der Waals surface area contributed by atoms with E-state index < -0.39 is 0 Å². The van der Waals surface area contributed by atoms with Crippen LogP contribution in [0.3, 0.4) is 0 Å². The standard InChI is InChI=1S/C44H82P/c1-3-5-7-9-11-13-15-17-19-21-23-25-27-29-31-33-35-37-39-41-43-45-44-42-40-38-36-34-32-30-28-26-24-22-20-18-16-14-12-10-8-6-4-2/h3-40H2,1-2H3. The number of hydrogen-bond acceptors (Lipinski definition) is 0. The molecule has 0 nitrogen and oxygen atoms in total. The van der Waals surface area contributed by atoms with E-state index in [9.17, 15) is 0 Å². The summed E-state index contributed by atoms with van der Waals surface area (Å²) >= 11 is 0. The van der Waals surface area contributed by atoms with E-state index in [1.165, 1.54) is 231 Å². The molecule has 0 aromatic carbocycles. The summed E-state index contributed by atoms with van der Waals surface area (Å²) in [5, 5.41) is 0. The van der Waals surface area contributed by atoms with E-state index in [0.717, 1.165) is 21.4 Å². The van der Waals surface area contributed by atoms with Crippen LogP contribution in [0, 0.1) is 23.2 Å². The number of rotatable bonds is 36. The third kappa shape index (κ3) is 43.6. The van der Waals surface area contributed by atoms with E-state index in [2.05, 4.69) is 37.0 Å². The average Bonchev–Trinajstić information content (AvgIpc) is 3.05. The fraction of sp³-hybridized carbons (Fsp3) is 0.909. The molecule has 1 heteroatoms. The Bertz CT molecular complexity index is 587. The molecule has 45 heavy (non-hydrogen) atoms. The van der Waals surface area contributed by atoms with Crippen LogP contribution in [0.25, 0.3) is 0 Å². The molecule has 0 unspecified atom stereocenters. The average molecular weight is 642 g/mol. The van der Waals surface area contributed by atoms with Crippen molar-refractivity contribution in [3.05, 3.63) is 0 Å². The molecule has 0 bridgehead atoms. The molecular formula is C44H82P. The van der Waals surface area contributed by atoms with E-state index in [1.807, 2.05) is 0 Å². The van der Waals surface area contributed by atoms with Gasteiger partial charge in [0.15, 0.2) is 0 Å². The third-order valence-electron chi connectivity index (χ3n) is 9.58. The van der Waals surface area contributed by atoms with Crippen molar-refractivity contribution in [2.75, 3.05) is 0 Å². The van der Waals surface area contributed by atoms with Gasteiger partial charge in [0.2, 0.25) is 0 Å². The Morgan fingerprint density at radius 1 is 0.244 bits per heavy atom. The molecule has 0 rings (SSSR count). The van der Waals surface area contributed by atoms with Gasteiger partial charge in [-0.05, 0) is 12.8 Å². The largest absolute Gasteiger partial charge is 0.0995 e. The molecule has 0 N–H and O–H groups in total. The van der Waals surface area contributed by atoms with E-state index in [-0.39, 0.29) is 0 Å². The van der Waals surface area contributed by atoms with Crippen molar-refractivity contribution < 1.29 is 0 Å². The third-order valence-corrected chi connectivity index (χ3v) is 10.1. The molecule has 0 aliphatic heterocycles. The maximum Gasteiger partial charge on any atom is 0.0995 e. The first-order chi connectivity index (χ1) is 22.4. The fourth-order valence-corrected chi connectivity index (χ4v) is 6.89. The molecule has 0 saturated carbocycles. The number of hydrogen-bond donors (Lipinski definition) is 0. The summed E-state index contributed by atoms with van der Waals surface area (Å²) in [6, 6.07) is 0. The highest BCUT2D eigenvalue weighted by Crippen LogP contribution is 2.16. The van der Waals surface area contributed by atoms with E-state index in [0.29, 0.717) is 0 Å². The summed E-state index contributed by atoms with van der Waals surface area (Å²) in [6.45, 7) is 4.61. The molecule has 0 heterocycles. The van der Waals surface area contributed by atoms with Crippen LogP contribution < -0.4 is 0 Å². The highest BCUT2D eigenvalue weighted by atomic mass is 31.1. The van der Waals surface area contributed by atoms with Crippen LogP contribution in [-0.4, -0.2) is 0 Å². The summed E-state index contributed by atoms with van der Waals surface area (Å²) in [7, 11) is 1.02. The van der Waals surface area contributed by atoms with Crippen molar-refractivity contribution in [3.8, 4) is 23.2 Å². The highest BCUT2D eigenvalue weighted by molar-refractivity contribution is 7.49. The molecule has 0 aliphatic rings. The Morgan fingerprint density at radius 2 is 0.422 bits per heavy atom. The zero-order valence-electron chi connectivity index (χ0n) is 31.3. The topological polar surface area (TPSA) is 0 Å². The summed E-state index contributed by atoms with van der Waals surface area (Å²) in [6.07, 6.45) is 53.8. The van der Waals surface area contributed by atoms with Crippen LogP contribution in [0.1, 0.15) is 258 Å². The number of unbranched alkanes of at least 4 members (excludes halogenated alkanes) is 36. The van der Waals surface area contributed by atoms with Gasteiger partial charge in [0.05, 0.1) is 8.58 Å². The van der Waals surface area contributed by atoms with Crippen molar-refractivity contribution >= 4 is 8.58 Å². The van der Waals surface area contributed by atoms with Crippen LogP contribution in [-0.2, 0) is 0 Å². The first kappa shape index (κ1) is 44.5. The van der Waals surface area contributed by atoms with Crippen LogP contribution in [0.15, 0.2) is 0 Å². The SMILES string of the molecule is CCCCCCCCCCCCCCCCCCCCC#C[P]C#CCCCCCCCCCCCCCCCCCCCC. The minimum absolute atomic E-state index is 1.02. The van der Waals surface area contributed by atoms with E-state index >= 15 is 0 Å². The molecule has 0 fully saturated rings. The molecule has 0 spiro atoms. The summed E-state index contributed by atoms with van der Waals surface area (Å²) in [5.41, 5.74) is 6.50.